The first-order chi connectivity index (χ1) is 23.1. The maximum Gasteiger partial charge on any atom is 0.326 e. The standard InChI is InChI=1S/C32H58N10O7/c1-18(2)14-24(40-27(43)20(5)35)29(45)41-25(15-21-16-36-17-37-21)30(46)38-22(10-6-8-12-33)28(44)42-26(19(3)4)31(47)39-23(32(48)49)11-7-9-13-34/h16-20,22-26H,6-15,33-35H2,1-5H3,(H,36,37)(H,38,46)(H,39,47)(H,40,43)(H,41,45)(H,42,44)(H,48,49)/t20-,22-,23-,24-,25-,26-/m0/s1. The SMILES string of the molecule is CC(C)C[C@H](NC(=O)[C@H](C)N)C(=O)N[C@@H](Cc1c[nH]cn1)C(=O)N[C@@H](CCCCN)C(=O)N[C@H](C(=O)N[C@@H](CCCCN)C(=O)O)C(C)C. The summed E-state index contributed by atoms with van der Waals surface area (Å²) < 4.78 is 0. The van der Waals surface area contributed by atoms with Gasteiger partial charge in [-0.05, 0) is 76.8 Å². The number of rotatable bonds is 24. The molecule has 0 fully saturated rings. The van der Waals surface area contributed by atoms with Crippen LogP contribution in [0.5, 0.6) is 0 Å². The number of nitrogens with zero attached hydrogens (tertiary/aromatic N) is 1. The van der Waals surface area contributed by atoms with Crippen LogP contribution >= 0.6 is 0 Å². The van der Waals surface area contributed by atoms with Crippen molar-refractivity contribution in [2.24, 2.45) is 29.0 Å². The molecule has 1 rings (SSSR count). The number of hydrogen-bond acceptors (Lipinski definition) is 10. The minimum atomic E-state index is -1.20. The second kappa shape index (κ2) is 22.5. The average molecular weight is 695 g/mol. The van der Waals surface area contributed by atoms with Crippen molar-refractivity contribution in [2.45, 2.75) is 122 Å². The molecular weight excluding hydrogens is 636 g/mol. The number of nitrogens with two attached hydrogens (primary N) is 3. The summed E-state index contributed by atoms with van der Waals surface area (Å²) in [5, 5.41) is 22.9. The van der Waals surface area contributed by atoms with Gasteiger partial charge in [0.05, 0.1) is 18.1 Å². The van der Waals surface area contributed by atoms with Crippen molar-refractivity contribution in [3.8, 4) is 0 Å². The highest BCUT2D eigenvalue weighted by Crippen LogP contribution is 2.11. The second-order valence-corrected chi connectivity index (χ2v) is 13.1. The number of H-pyrrole nitrogens is 1. The van der Waals surface area contributed by atoms with Gasteiger partial charge >= 0.3 is 5.97 Å². The van der Waals surface area contributed by atoms with Gasteiger partial charge in [-0.25, -0.2) is 9.78 Å². The molecule has 1 aromatic rings. The molecule has 0 aliphatic carbocycles. The van der Waals surface area contributed by atoms with Crippen LogP contribution in [0.3, 0.4) is 0 Å². The van der Waals surface area contributed by atoms with Crippen LogP contribution in [0, 0.1) is 11.8 Å². The lowest BCUT2D eigenvalue weighted by molar-refractivity contribution is -0.143. The number of imidazole rings is 1. The molecule has 0 radical (unpaired) electrons. The van der Waals surface area contributed by atoms with Crippen LogP contribution in [-0.2, 0) is 35.2 Å². The maximum absolute atomic E-state index is 13.8. The molecular formula is C32H58N10O7. The highest BCUT2D eigenvalue weighted by atomic mass is 16.4. The lowest BCUT2D eigenvalue weighted by atomic mass is 10.00. The Morgan fingerprint density at radius 2 is 1.22 bits per heavy atom. The minimum absolute atomic E-state index is 0.0150. The van der Waals surface area contributed by atoms with Gasteiger partial charge in [0.15, 0.2) is 0 Å². The van der Waals surface area contributed by atoms with Gasteiger partial charge in [-0.15, -0.1) is 0 Å². The Kier molecular flexibility index (Phi) is 19.7. The molecule has 6 atom stereocenters. The van der Waals surface area contributed by atoms with E-state index in [1.807, 2.05) is 13.8 Å². The quantitative estimate of drug-likeness (QED) is 0.0572. The van der Waals surface area contributed by atoms with Crippen molar-refractivity contribution in [3.05, 3.63) is 18.2 Å². The molecule has 13 N–H and O–H groups in total. The number of carbonyl (C=O) groups excluding carboxylic acids is 5. The Balaban J connectivity index is 3.26. The van der Waals surface area contributed by atoms with E-state index >= 15 is 0 Å². The first-order valence-corrected chi connectivity index (χ1v) is 17.0. The van der Waals surface area contributed by atoms with Gasteiger partial charge in [-0.1, -0.05) is 27.7 Å². The fourth-order valence-corrected chi connectivity index (χ4v) is 4.93. The topological polar surface area (TPSA) is 290 Å². The second-order valence-electron chi connectivity index (χ2n) is 13.1. The molecule has 0 aromatic carbocycles. The van der Waals surface area contributed by atoms with Gasteiger partial charge in [0.1, 0.15) is 30.2 Å². The number of amides is 5. The van der Waals surface area contributed by atoms with E-state index in [0.29, 0.717) is 44.5 Å². The molecule has 0 aliphatic rings. The number of hydrogen-bond donors (Lipinski definition) is 10. The van der Waals surface area contributed by atoms with Gasteiger partial charge in [0.25, 0.3) is 0 Å². The molecule has 0 saturated heterocycles. The van der Waals surface area contributed by atoms with Crippen LogP contribution in [0.25, 0.3) is 0 Å². The van der Waals surface area contributed by atoms with E-state index in [9.17, 15) is 33.9 Å². The van der Waals surface area contributed by atoms with Crippen LogP contribution in [0.2, 0.25) is 0 Å². The summed E-state index contributed by atoms with van der Waals surface area (Å²) in [7, 11) is 0. The molecule has 0 spiro atoms. The smallest absolute Gasteiger partial charge is 0.326 e. The number of nitrogens with one attached hydrogen (secondary N) is 6. The van der Waals surface area contributed by atoms with Crippen molar-refractivity contribution in [3.63, 3.8) is 0 Å². The molecule has 0 bridgehead atoms. The van der Waals surface area contributed by atoms with Crippen molar-refractivity contribution in [1.29, 1.82) is 0 Å². The average Bonchev–Trinajstić information content (AvgIpc) is 3.54. The summed E-state index contributed by atoms with van der Waals surface area (Å²) in [5.41, 5.74) is 17.3. The zero-order chi connectivity index (χ0) is 37.1. The third-order valence-electron chi connectivity index (χ3n) is 7.74. The largest absolute Gasteiger partial charge is 0.480 e. The molecule has 17 nitrogen and oxygen atoms in total. The number of carbonyl (C=O) groups is 6. The van der Waals surface area contributed by atoms with E-state index in [2.05, 4.69) is 36.6 Å². The maximum atomic E-state index is 13.8. The molecule has 49 heavy (non-hydrogen) atoms. The Labute approximate surface area is 288 Å². The number of carboxylic acid groups (broad SMARTS) is 1. The summed E-state index contributed by atoms with van der Waals surface area (Å²) in [5.74, 6) is -4.80. The van der Waals surface area contributed by atoms with E-state index in [4.69, 9.17) is 17.2 Å². The molecule has 278 valence electrons. The Morgan fingerprint density at radius 1 is 0.714 bits per heavy atom. The number of carboxylic acids is 1. The molecule has 0 unspecified atom stereocenters. The van der Waals surface area contributed by atoms with Crippen LogP contribution < -0.4 is 43.8 Å². The zero-order valence-electron chi connectivity index (χ0n) is 29.4. The van der Waals surface area contributed by atoms with Gasteiger partial charge in [0, 0.05) is 12.6 Å². The van der Waals surface area contributed by atoms with E-state index in [1.54, 1.807) is 20.0 Å². The molecule has 0 saturated carbocycles. The van der Waals surface area contributed by atoms with Gasteiger partial charge < -0.3 is 53.9 Å². The van der Waals surface area contributed by atoms with E-state index < -0.39 is 77.7 Å². The van der Waals surface area contributed by atoms with Gasteiger partial charge in [-0.3, -0.25) is 24.0 Å². The Hall–Kier alpha value is -4.09. The highest BCUT2D eigenvalue weighted by Gasteiger charge is 2.34. The van der Waals surface area contributed by atoms with E-state index in [-0.39, 0.29) is 31.6 Å². The van der Waals surface area contributed by atoms with E-state index in [0.717, 1.165) is 0 Å². The predicted octanol–water partition coefficient (Wildman–Crippen LogP) is -1.23. The summed E-state index contributed by atoms with van der Waals surface area (Å²) >= 11 is 0. The number of aliphatic carboxylic acids is 1. The third-order valence-corrected chi connectivity index (χ3v) is 7.74. The third kappa shape index (κ3) is 16.2. The van der Waals surface area contributed by atoms with E-state index in [1.165, 1.54) is 13.3 Å². The number of aromatic amines is 1. The van der Waals surface area contributed by atoms with Gasteiger partial charge in [0.2, 0.25) is 29.5 Å². The summed E-state index contributed by atoms with van der Waals surface area (Å²) in [6.07, 6.45) is 5.67. The Morgan fingerprint density at radius 3 is 1.71 bits per heavy atom. The predicted molar refractivity (Wildman–Crippen MR) is 183 cm³/mol. The fraction of sp³-hybridized carbons (Fsp3) is 0.719. The molecule has 0 aliphatic heterocycles. The molecule has 5 amide bonds. The van der Waals surface area contributed by atoms with Crippen molar-refractivity contribution >= 4 is 35.5 Å². The summed E-state index contributed by atoms with van der Waals surface area (Å²) in [6, 6.07) is -6.44. The van der Waals surface area contributed by atoms with Crippen molar-refractivity contribution in [2.75, 3.05) is 13.1 Å². The van der Waals surface area contributed by atoms with Crippen LogP contribution in [0.15, 0.2) is 12.5 Å². The lowest BCUT2D eigenvalue weighted by Gasteiger charge is -2.28. The van der Waals surface area contributed by atoms with Crippen molar-refractivity contribution < 1.29 is 33.9 Å². The fourth-order valence-electron chi connectivity index (χ4n) is 4.93. The summed E-state index contributed by atoms with van der Waals surface area (Å²) in [6.45, 7) is 9.38. The zero-order valence-corrected chi connectivity index (χ0v) is 29.4. The first-order valence-electron chi connectivity index (χ1n) is 17.0. The summed E-state index contributed by atoms with van der Waals surface area (Å²) in [4.78, 5) is 85.3. The van der Waals surface area contributed by atoms with Crippen molar-refractivity contribution in [1.82, 2.24) is 36.6 Å². The van der Waals surface area contributed by atoms with Gasteiger partial charge in [-0.2, -0.15) is 0 Å². The molecule has 17 heteroatoms. The Bertz CT molecular complexity index is 1190. The normalized spacial score (nSPS) is 15.0. The number of aromatic nitrogens is 2. The van der Waals surface area contributed by atoms with Crippen LogP contribution in [-0.4, -0.2) is 99.9 Å². The molecule has 1 heterocycles. The lowest BCUT2D eigenvalue weighted by Crippen LogP contribution is -2.60. The van der Waals surface area contributed by atoms with Crippen LogP contribution in [0.1, 0.15) is 85.3 Å². The number of unbranched alkanes of at least 4 members (excludes halogenated alkanes) is 2. The first kappa shape index (κ1) is 42.9. The monoisotopic (exact) mass is 694 g/mol. The minimum Gasteiger partial charge on any atom is -0.480 e. The highest BCUT2D eigenvalue weighted by molar-refractivity contribution is 5.96. The molecule has 1 aromatic heterocycles. The van der Waals surface area contributed by atoms with Crippen LogP contribution in [0.4, 0.5) is 0 Å².